The maximum Gasteiger partial charge on any atom is 0.410 e. The van der Waals surface area contributed by atoms with Crippen LogP contribution in [0.5, 0.6) is 0 Å². The van der Waals surface area contributed by atoms with Crippen molar-refractivity contribution in [3.63, 3.8) is 0 Å². The zero-order chi connectivity index (χ0) is 34.2. The zero-order valence-corrected chi connectivity index (χ0v) is 30.8. The van der Waals surface area contributed by atoms with Crippen molar-refractivity contribution in [2.24, 2.45) is 69.3 Å². The van der Waals surface area contributed by atoms with Gasteiger partial charge in [0.25, 0.3) is 0 Å². The first-order chi connectivity index (χ1) is 22.3. The van der Waals surface area contributed by atoms with Crippen LogP contribution in [-0.4, -0.2) is 55.9 Å². The largest absolute Gasteiger partial charge is 0.446 e. The number of nitrogens with two attached hydrogens (primary N) is 4. The minimum Gasteiger partial charge on any atom is -0.446 e. The van der Waals surface area contributed by atoms with Crippen LogP contribution in [0, 0.1) is 46.3 Å². The number of hydrogen-bond acceptors (Lipinski definition) is 8. The van der Waals surface area contributed by atoms with Crippen molar-refractivity contribution in [2.45, 2.75) is 150 Å². The molecule has 3 saturated carbocycles. The molecular formula is C38H73N7O2. The van der Waals surface area contributed by atoms with Crippen LogP contribution < -0.4 is 33.6 Å². The summed E-state index contributed by atoms with van der Waals surface area (Å²) in [5.74, 6) is 5.00. The number of allylic oxidation sites excluding steroid dienone is 1. The quantitative estimate of drug-likeness (QED) is 0.0596. The van der Waals surface area contributed by atoms with Crippen molar-refractivity contribution in [1.29, 1.82) is 0 Å². The summed E-state index contributed by atoms with van der Waals surface area (Å²) >= 11 is 0. The van der Waals surface area contributed by atoms with E-state index < -0.39 is 12.6 Å². The third kappa shape index (κ3) is 9.94. The van der Waals surface area contributed by atoms with E-state index in [-0.39, 0.29) is 17.6 Å². The Bertz CT molecular complexity index is 987. The van der Waals surface area contributed by atoms with Crippen LogP contribution in [0.25, 0.3) is 0 Å². The Morgan fingerprint density at radius 2 is 1.53 bits per heavy atom. The highest BCUT2D eigenvalue weighted by atomic mass is 16.6. The fourth-order valence-corrected chi connectivity index (χ4v) is 10.7. The fraction of sp³-hybridized carbons (Fsp3) is 0.921. The standard InChI is InChI=1S/C38H73N7O2/c1-26(2)11-10-12-27(3)31-15-16-32-30-14-13-28-25-29(17-19-37(28,4)33(30)18-20-38(31,32)5)47-36(46)45(23-8-6-21-43-34(39)40)24-9-7-22-44-35(41)42/h13,26-27,29-35,43-44H,6-12,14-25,39-42H2,1-5H3. The van der Waals surface area contributed by atoms with E-state index in [1.807, 2.05) is 4.90 Å². The molecule has 4 aliphatic rings. The summed E-state index contributed by atoms with van der Waals surface area (Å²) in [6.07, 6.45) is 18.9. The van der Waals surface area contributed by atoms with E-state index in [0.29, 0.717) is 18.5 Å². The topological polar surface area (TPSA) is 158 Å². The highest BCUT2D eigenvalue weighted by Crippen LogP contribution is 2.67. The maximum absolute atomic E-state index is 13.5. The second kappa shape index (κ2) is 17.6. The van der Waals surface area contributed by atoms with Crippen LogP contribution in [0.4, 0.5) is 4.79 Å². The lowest BCUT2D eigenvalue weighted by Gasteiger charge is -2.58. The predicted octanol–water partition coefficient (Wildman–Crippen LogP) is 5.98. The molecule has 1 amide bonds. The van der Waals surface area contributed by atoms with Gasteiger partial charge in [0.2, 0.25) is 0 Å². The molecule has 0 saturated heterocycles. The van der Waals surface area contributed by atoms with Gasteiger partial charge in [-0.1, -0.05) is 65.5 Å². The van der Waals surface area contributed by atoms with Gasteiger partial charge in [0, 0.05) is 19.5 Å². The van der Waals surface area contributed by atoms with Gasteiger partial charge in [0.1, 0.15) is 18.7 Å². The smallest absolute Gasteiger partial charge is 0.410 e. The Labute approximate surface area is 287 Å². The number of nitrogens with zero attached hydrogens (tertiary/aromatic N) is 1. The maximum atomic E-state index is 13.5. The van der Waals surface area contributed by atoms with Crippen molar-refractivity contribution in [3.05, 3.63) is 11.6 Å². The van der Waals surface area contributed by atoms with Gasteiger partial charge in [-0.05, 0) is 130 Å². The van der Waals surface area contributed by atoms with Crippen LogP contribution in [0.15, 0.2) is 11.6 Å². The van der Waals surface area contributed by atoms with E-state index in [9.17, 15) is 4.79 Å². The first-order valence-electron chi connectivity index (χ1n) is 19.5. The molecule has 0 aromatic heterocycles. The van der Waals surface area contributed by atoms with E-state index in [0.717, 1.165) is 93.5 Å². The number of ether oxygens (including phenoxy) is 1. The summed E-state index contributed by atoms with van der Waals surface area (Å²) in [4.78, 5) is 15.4. The highest BCUT2D eigenvalue weighted by molar-refractivity contribution is 5.67. The summed E-state index contributed by atoms with van der Waals surface area (Å²) in [5, 5.41) is 6.10. The molecule has 9 heteroatoms. The molecule has 0 bridgehead atoms. The highest BCUT2D eigenvalue weighted by Gasteiger charge is 2.59. The normalized spacial score (nSPS) is 32.6. The van der Waals surface area contributed by atoms with Crippen molar-refractivity contribution < 1.29 is 9.53 Å². The third-order valence-corrected chi connectivity index (χ3v) is 13.3. The molecule has 4 aliphatic carbocycles. The first-order valence-corrected chi connectivity index (χ1v) is 19.5. The van der Waals surface area contributed by atoms with Gasteiger partial charge < -0.3 is 32.6 Å². The Kier molecular flexibility index (Phi) is 14.5. The van der Waals surface area contributed by atoms with Crippen LogP contribution in [0.1, 0.15) is 131 Å². The summed E-state index contributed by atoms with van der Waals surface area (Å²) in [7, 11) is 0. The lowest BCUT2D eigenvalue weighted by atomic mass is 9.47. The summed E-state index contributed by atoms with van der Waals surface area (Å²) in [6, 6.07) is 0. The second-order valence-electron chi connectivity index (χ2n) is 16.9. The Morgan fingerprint density at radius 3 is 2.15 bits per heavy atom. The van der Waals surface area contributed by atoms with Crippen LogP contribution in [-0.2, 0) is 4.74 Å². The van der Waals surface area contributed by atoms with E-state index in [4.69, 9.17) is 27.7 Å². The van der Waals surface area contributed by atoms with Gasteiger partial charge in [-0.2, -0.15) is 0 Å². The monoisotopic (exact) mass is 660 g/mol. The average Bonchev–Trinajstić information content (AvgIpc) is 3.36. The van der Waals surface area contributed by atoms with E-state index in [1.54, 1.807) is 5.57 Å². The number of unbranched alkanes of at least 4 members (excludes halogenated alkanes) is 2. The molecule has 8 unspecified atom stereocenters. The van der Waals surface area contributed by atoms with Gasteiger partial charge in [0.15, 0.2) is 0 Å². The van der Waals surface area contributed by atoms with Crippen molar-refractivity contribution in [2.75, 3.05) is 26.2 Å². The first kappa shape index (κ1) is 38.6. The lowest BCUT2D eigenvalue weighted by Crippen LogP contribution is -2.51. The number of rotatable bonds is 18. The molecule has 4 rings (SSSR count). The third-order valence-electron chi connectivity index (χ3n) is 13.3. The molecule has 10 N–H and O–H groups in total. The molecule has 3 fully saturated rings. The van der Waals surface area contributed by atoms with E-state index >= 15 is 0 Å². The molecule has 0 spiro atoms. The van der Waals surface area contributed by atoms with Gasteiger partial charge in [0.05, 0.1) is 0 Å². The van der Waals surface area contributed by atoms with Gasteiger partial charge in [-0.15, -0.1) is 0 Å². The lowest BCUT2D eigenvalue weighted by molar-refractivity contribution is -0.0593. The van der Waals surface area contributed by atoms with Crippen molar-refractivity contribution in [1.82, 2.24) is 15.5 Å². The van der Waals surface area contributed by atoms with Crippen molar-refractivity contribution in [3.8, 4) is 0 Å². The van der Waals surface area contributed by atoms with Crippen LogP contribution in [0.2, 0.25) is 0 Å². The zero-order valence-electron chi connectivity index (χ0n) is 30.8. The minimum atomic E-state index is -0.514. The molecule has 0 heterocycles. The molecule has 8 atom stereocenters. The number of hydrogen-bond donors (Lipinski definition) is 6. The van der Waals surface area contributed by atoms with Gasteiger partial charge >= 0.3 is 6.09 Å². The molecule has 0 aliphatic heterocycles. The molecule has 9 nitrogen and oxygen atoms in total. The Balaban J connectivity index is 1.33. The van der Waals surface area contributed by atoms with E-state index in [1.165, 1.54) is 51.4 Å². The average molecular weight is 660 g/mol. The molecule has 47 heavy (non-hydrogen) atoms. The molecule has 0 aromatic rings. The summed E-state index contributed by atoms with van der Waals surface area (Å²) in [5.41, 5.74) is 24.8. The second-order valence-corrected chi connectivity index (χ2v) is 16.9. The van der Waals surface area contributed by atoms with Crippen LogP contribution >= 0.6 is 0 Å². The minimum absolute atomic E-state index is 0.0360. The SMILES string of the molecule is CC(C)CCCC(C)C1CCC2C3CC=C4CC(OC(=O)N(CCCCNC(N)N)CCCCNC(N)N)CCC4(C)C3CCC12C. The fourth-order valence-electron chi connectivity index (χ4n) is 10.7. The molecular weight excluding hydrogens is 586 g/mol. The molecule has 0 aromatic carbocycles. The number of carbonyl (C=O) groups is 1. The number of nitrogens with one attached hydrogen (secondary N) is 2. The van der Waals surface area contributed by atoms with Crippen molar-refractivity contribution >= 4 is 6.09 Å². The predicted molar refractivity (Wildman–Crippen MR) is 194 cm³/mol. The van der Waals surface area contributed by atoms with E-state index in [2.05, 4.69) is 51.3 Å². The van der Waals surface area contributed by atoms with Gasteiger partial charge in [-0.3, -0.25) is 10.6 Å². The summed E-state index contributed by atoms with van der Waals surface area (Å²) < 4.78 is 6.28. The van der Waals surface area contributed by atoms with Gasteiger partial charge in [-0.25, -0.2) is 4.79 Å². The Hall–Kier alpha value is -1.23. The number of fused-ring (bicyclic) bond motifs is 5. The molecule has 272 valence electrons. The molecule has 0 radical (unpaired) electrons. The summed E-state index contributed by atoms with van der Waals surface area (Å²) in [6.45, 7) is 15.3. The Morgan fingerprint density at radius 1 is 0.872 bits per heavy atom. The number of carbonyl (C=O) groups excluding carboxylic acids is 1. The van der Waals surface area contributed by atoms with Crippen LogP contribution in [0.3, 0.4) is 0 Å². The number of amides is 1.